The van der Waals surface area contributed by atoms with Crippen LogP contribution in [0.5, 0.6) is 0 Å². The summed E-state index contributed by atoms with van der Waals surface area (Å²) < 4.78 is 6.70. The number of piperidine rings is 2. The van der Waals surface area contributed by atoms with Crippen LogP contribution < -0.4 is 5.32 Å². The van der Waals surface area contributed by atoms with Gasteiger partial charge < -0.3 is 19.9 Å². The summed E-state index contributed by atoms with van der Waals surface area (Å²) in [7, 11) is 0. The Balaban J connectivity index is 1.20. The van der Waals surface area contributed by atoms with Gasteiger partial charge in [0.15, 0.2) is 0 Å². The lowest BCUT2D eigenvalue weighted by Gasteiger charge is -2.42. The van der Waals surface area contributed by atoms with Crippen molar-refractivity contribution in [3.05, 3.63) is 0 Å². The molecule has 9 heteroatoms. The Morgan fingerprint density at radius 2 is 1.58 bits per heavy atom. The van der Waals surface area contributed by atoms with Gasteiger partial charge in [0, 0.05) is 70.7 Å². The predicted molar refractivity (Wildman–Crippen MR) is 136 cm³/mol. The molecule has 8 nitrogen and oxygen atoms in total. The van der Waals surface area contributed by atoms with E-state index in [1.54, 1.807) is 6.92 Å². The Morgan fingerprint density at radius 1 is 0.970 bits per heavy atom. The van der Waals surface area contributed by atoms with Crippen LogP contribution in [0.15, 0.2) is 5.10 Å². The van der Waals surface area contributed by atoms with Crippen molar-refractivity contribution in [2.75, 3.05) is 26.2 Å². The molecule has 0 aromatic heterocycles. The van der Waals surface area contributed by atoms with Crippen molar-refractivity contribution in [3.8, 4) is 0 Å². The molecular weight excluding hydrogens is 533 g/mol. The number of hydrogen-bond donors (Lipinski definition) is 1. The number of carbonyl (C=O) groups excluding carboxylic acids is 2. The number of quaternary nitrogens is 1. The van der Waals surface area contributed by atoms with Crippen molar-refractivity contribution in [1.82, 2.24) is 14.8 Å². The molecule has 0 bridgehead atoms. The highest BCUT2D eigenvalue weighted by Crippen LogP contribution is 2.36. The Hall–Kier alpha value is -1.10. The fourth-order valence-corrected chi connectivity index (χ4v) is 6.79. The average molecular weight is 575 g/mol. The summed E-state index contributed by atoms with van der Waals surface area (Å²) in [6.45, 7) is 10.7. The molecule has 186 valence electrons. The second-order valence-electron chi connectivity index (χ2n) is 11.3. The molecule has 0 radical (unpaired) electrons. The molecule has 4 aliphatic rings. The average Bonchev–Trinajstić information content (AvgIpc) is 3.09. The highest BCUT2D eigenvalue weighted by Gasteiger charge is 2.44. The molecule has 0 spiro atoms. The number of carbonyl (C=O) groups is 2. The fraction of sp³-hybridized carbons (Fsp3) is 0.875. The number of rotatable bonds is 3. The summed E-state index contributed by atoms with van der Waals surface area (Å²) in [5.74, 6) is 0.576. The van der Waals surface area contributed by atoms with E-state index < -0.39 is 5.60 Å². The lowest BCUT2D eigenvalue weighted by molar-refractivity contribution is -0.726. The number of fused-ring (bicyclic) bond motifs is 1. The maximum atomic E-state index is 12.3. The van der Waals surface area contributed by atoms with E-state index in [1.165, 1.54) is 29.4 Å². The molecule has 2 atom stereocenters. The topological polar surface area (TPSA) is 82.1 Å². The first kappa shape index (κ1) is 25.0. The highest BCUT2D eigenvalue weighted by atomic mass is 127. The van der Waals surface area contributed by atoms with Crippen LogP contribution in [0.25, 0.3) is 0 Å². The van der Waals surface area contributed by atoms with Crippen LogP contribution in [-0.2, 0) is 9.53 Å². The fourth-order valence-electron chi connectivity index (χ4n) is 5.93. The van der Waals surface area contributed by atoms with Crippen molar-refractivity contribution < 1.29 is 19.6 Å². The van der Waals surface area contributed by atoms with E-state index in [-0.39, 0.29) is 12.0 Å². The van der Waals surface area contributed by atoms with Gasteiger partial charge in [-0.05, 0) is 62.6 Å². The molecule has 3 heterocycles. The number of hydrazone groups is 1. The van der Waals surface area contributed by atoms with Gasteiger partial charge >= 0.3 is 6.09 Å². The molecule has 33 heavy (non-hydrogen) atoms. The largest absolute Gasteiger partial charge is 0.444 e. The monoisotopic (exact) mass is 574 g/mol. The van der Waals surface area contributed by atoms with Crippen molar-refractivity contribution in [3.63, 3.8) is 0 Å². The summed E-state index contributed by atoms with van der Waals surface area (Å²) in [4.78, 5) is 28.0. The number of halogens is 1. The van der Waals surface area contributed by atoms with E-state index in [4.69, 9.17) is 9.84 Å². The third-order valence-electron chi connectivity index (χ3n) is 7.73. The molecule has 1 aliphatic carbocycles. The standard InChI is InChI=1S/C24H40IN5O3/c1-16(31)29-14-11-21-20(15-29)22(25)27-30(21)19-7-5-17(6-8-19)26-18-9-12-28(13-10-18)23(32)33-24(2,3)4/h17-21,26H,5-15H2,1-4H3/p+1. The number of amides is 2. The van der Waals surface area contributed by atoms with Gasteiger partial charge in [0.1, 0.15) is 9.32 Å². The third kappa shape index (κ3) is 6.13. The van der Waals surface area contributed by atoms with Crippen LogP contribution >= 0.6 is 22.6 Å². The zero-order valence-corrected chi connectivity index (χ0v) is 22.8. The van der Waals surface area contributed by atoms with E-state index in [2.05, 4.69) is 32.9 Å². The second-order valence-corrected chi connectivity index (χ2v) is 12.4. The molecule has 2 unspecified atom stereocenters. The van der Waals surface area contributed by atoms with Gasteiger partial charge in [0.05, 0.1) is 18.1 Å². The second kappa shape index (κ2) is 10.3. The number of nitrogens with zero attached hydrogens (tertiary/aromatic N) is 4. The lowest BCUT2D eigenvalue weighted by atomic mass is 9.87. The molecule has 3 aliphatic heterocycles. The van der Waals surface area contributed by atoms with Crippen LogP contribution in [0.4, 0.5) is 4.79 Å². The van der Waals surface area contributed by atoms with Crippen LogP contribution in [0, 0.1) is 5.92 Å². The van der Waals surface area contributed by atoms with Gasteiger partial charge in [-0.25, -0.2) is 4.79 Å². The minimum Gasteiger partial charge on any atom is -0.444 e. The van der Waals surface area contributed by atoms with E-state index in [1.807, 2.05) is 30.6 Å². The summed E-state index contributed by atoms with van der Waals surface area (Å²) in [6.07, 6.45) is 7.81. The molecule has 0 aromatic carbocycles. The lowest BCUT2D eigenvalue weighted by Crippen LogP contribution is -2.96. The van der Waals surface area contributed by atoms with E-state index in [0.717, 1.165) is 45.4 Å². The minimum absolute atomic E-state index is 0.172. The highest BCUT2D eigenvalue weighted by molar-refractivity contribution is 14.1. The Morgan fingerprint density at radius 3 is 2.18 bits per heavy atom. The van der Waals surface area contributed by atoms with Crippen LogP contribution in [0.2, 0.25) is 0 Å². The Kier molecular flexibility index (Phi) is 7.77. The van der Waals surface area contributed by atoms with Crippen LogP contribution in [0.1, 0.15) is 72.6 Å². The summed E-state index contributed by atoms with van der Waals surface area (Å²) >= 11 is 2.39. The Bertz CT molecular complexity index is 754. The normalized spacial score (nSPS) is 31.3. The van der Waals surface area contributed by atoms with Gasteiger partial charge in [0.2, 0.25) is 5.91 Å². The van der Waals surface area contributed by atoms with Gasteiger partial charge in [-0.1, -0.05) is 0 Å². The maximum Gasteiger partial charge on any atom is 0.410 e. The minimum atomic E-state index is -0.430. The van der Waals surface area contributed by atoms with Crippen LogP contribution in [0.3, 0.4) is 0 Å². The SMILES string of the molecule is CC(=O)N1CCC2C(C1)C(I)=NN2C1CCC([NH2+]C2CCN(C(=O)OC(C)(C)C)CC2)CC1. The van der Waals surface area contributed by atoms with Gasteiger partial charge in [-0.3, -0.25) is 9.80 Å². The summed E-state index contributed by atoms with van der Waals surface area (Å²) in [5.41, 5.74) is -0.430. The maximum absolute atomic E-state index is 12.3. The van der Waals surface area contributed by atoms with Crippen molar-refractivity contribution in [2.45, 2.75) is 102 Å². The number of likely N-dealkylation sites (tertiary alicyclic amines) is 2. The van der Waals surface area contributed by atoms with E-state index in [9.17, 15) is 9.59 Å². The van der Waals surface area contributed by atoms with Crippen molar-refractivity contribution in [1.29, 1.82) is 0 Å². The van der Waals surface area contributed by atoms with E-state index in [0.29, 0.717) is 30.1 Å². The van der Waals surface area contributed by atoms with E-state index >= 15 is 0 Å². The predicted octanol–water partition coefficient (Wildman–Crippen LogP) is 2.56. The summed E-state index contributed by atoms with van der Waals surface area (Å²) in [6, 6.07) is 2.29. The third-order valence-corrected chi connectivity index (χ3v) is 8.75. The van der Waals surface area contributed by atoms with Crippen molar-refractivity contribution >= 4 is 38.3 Å². The molecule has 2 amide bonds. The number of nitrogens with two attached hydrogens (primary N) is 1. The summed E-state index contributed by atoms with van der Waals surface area (Å²) in [5, 5.41) is 9.99. The molecule has 2 saturated heterocycles. The molecule has 2 N–H and O–H groups in total. The first-order chi connectivity index (χ1) is 15.6. The van der Waals surface area contributed by atoms with Gasteiger partial charge in [-0.2, -0.15) is 5.10 Å². The number of ether oxygens (including phenoxy) is 1. The smallest absolute Gasteiger partial charge is 0.410 e. The molecule has 1 saturated carbocycles. The number of hydrogen-bond acceptors (Lipinski definition) is 5. The zero-order valence-electron chi connectivity index (χ0n) is 20.6. The molecular formula is C24H41IN5O3+. The first-order valence-corrected chi connectivity index (χ1v) is 13.8. The van der Waals surface area contributed by atoms with Crippen LogP contribution in [-0.4, -0.2) is 86.5 Å². The van der Waals surface area contributed by atoms with Crippen molar-refractivity contribution in [2.24, 2.45) is 11.0 Å². The molecule has 3 fully saturated rings. The molecule has 4 rings (SSSR count). The van der Waals surface area contributed by atoms with Gasteiger partial charge in [-0.15, -0.1) is 0 Å². The zero-order chi connectivity index (χ0) is 23.8. The quantitative estimate of drug-likeness (QED) is 0.526. The van der Waals surface area contributed by atoms with Gasteiger partial charge in [0.25, 0.3) is 0 Å². The molecule has 0 aromatic rings. The first-order valence-electron chi connectivity index (χ1n) is 12.7. The Labute approximate surface area is 212 Å².